The molecule has 1 unspecified atom stereocenters. The van der Waals surface area contributed by atoms with Crippen LogP contribution in [0.2, 0.25) is 0 Å². The Kier molecular flexibility index (Phi) is 4.16. The minimum absolute atomic E-state index is 0.0550. The van der Waals surface area contributed by atoms with Gasteiger partial charge in [0.25, 0.3) is 0 Å². The molecule has 0 aliphatic carbocycles. The fraction of sp³-hybridized carbons (Fsp3) is 0.533. The van der Waals surface area contributed by atoms with E-state index in [4.69, 9.17) is 4.74 Å². The number of benzene rings is 1. The van der Waals surface area contributed by atoms with Crippen LogP contribution in [-0.4, -0.2) is 35.7 Å². The highest BCUT2D eigenvalue weighted by Crippen LogP contribution is 2.20. The minimum atomic E-state index is -0.492. The fourth-order valence-electron chi connectivity index (χ4n) is 2.17. The van der Waals surface area contributed by atoms with Gasteiger partial charge in [0.2, 0.25) is 0 Å². The Morgan fingerprint density at radius 3 is 2.75 bits per heavy atom. The maximum absolute atomic E-state index is 13.6. The van der Waals surface area contributed by atoms with Gasteiger partial charge in [0.05, 0.1) is 5.69 Å². The van der Waals surface area contributed by atoms with E-state index in [9.17, 15) is 9.18 Å². The van der Waals surface area contributed by atoms with Crippen molar-refractivity contribution in [2.45, 2.75) is 38.8 Å². The van der Waals surface area contributed by atoms with Gasteiger partial charge in [-0.05, 0) is 39.3 Å². The summed E-state index contributed by atoms with van der Waals surface area (Å²) in [6, 6.07) is 6.61. The highest BCUT2D eigenvalue weighted by atomic mass is 19.1. The smallest absolute Gasteiger partial charge is 0.410 e. The molecule has 2 rings (SSSR count). The van der Waals surface area contributed by atoms with Gasteiger partial charge in [0.15, 0.2) is 0 Å². The Balaban J connectivity index is 1.90. The zero-order valence-corrected chi connectivity index (χ0v) is 12.1. The van der Waals surface area contributed by atoms with Crippen molar-refractivity contribution in [1.29, 1.82) is 0 Å². The second kappa shape index (κ2) is 5.69. The molecular formula is C15H21FN2O2. The first-order valence-electron chi connectivity index (χ1n) is 6.84. The van der Waals surface area contributed by atoms with E-state index in [-0.39, 0.29) is 18.0 Å². The Bertz CT molecular complexity index is 485. The van der Waals surface area contributed by atoms with Crippen LogP contribution in [0.25, 0.3) is 0 Å². The molecule has 110 valence electrons. The van der Waals surface area contributed by atoms with Crippen molar-refractivity contribution in [2.75, 3.05) is 18.4 Å². The zero-order valence-electron chi connectivity index (χ0n) is 12.1. The molecular weight excluding hydrogens is 259 g/mol. The highest BCUT2D eigenvalue weighted by molar-refractivity contribution is 5.68. The topological polar surface area (TPSA) is 41.6 Å². The lowest BCUT2D eigenvalue weighted by molar-refractivity contribution is 0.0293. The molecule has 1 atom stereocenters. The van der Waals surface area contributed by atoms with Gasteiger partial charge in [-0.2, -0.15) is 0 Å². The van der Waals surface area contributed by atoms with Crippen LogP contribution >= 0.6 is 0 Å². The number of para-hydroxylation sites is 1. The van der Waals surface area contributed by atoms with E-state index >= 15 is 0 Å². The number of ether oxygens (including phenoxy) is 1. The van der Waals surface area contributed by atoms with Crippen molar-refractivity contribution in [3.63, 3.8) is 0 Å². The number of rotatable bonds is 2. The number of nitrogens with zero attached hydrogens (tertiary/aromatic N) is 1. The van der Waals surface area contributed by atoms with Crippen molar-refractivity contribution < 1.29 is 13.9 Å². The van der Waals surface area contributed by atoms with Crippen molar-refractivity contribution in [1.82, 2.24) is 4.90 Å². The molecule has 0 saturated carbocycles. The number of hydrogen-bond donors (Lipinski definition) is 1. The molecule has 1 N–H and O–H groups in total. The van der Waals surface area contributed by atoms with E-state index in [0.717, 1.165) is 6.42 Å². The van der Waals surface area contributed by atoms with E-state index in [1.54, 1.807) is 23.1 Å². The van der Waals surface area contributed by atoms with Crippen molar-refractivity contribution in [3.05, 3.63) is 30.1 Å². The third kappa shape index (κ3) is 3.85. The Morgan fingerprint density at radius 2 is 2.10 bits per heavy atom. The molecule has 1 aromatic carbocycles. The monoisotopic (exact) mass is 280 g/mol. The maximum atomic E-state index is 13.6. The summed E-state index contributed by atoms with van der Waals surface area (Å²) in [5, 5.41) is 3.13. The molecule has 1 aromatic rings. The summed E-state index contributed by atoms with van der Waals surface area (Å²) in [5.41, 5.74) is -0.0164. The quantitative estimate of drug-likeness (QED) is 0.904. The Hall–Kier alpha value is -1.78. The summed E-state index contributed by atoms with van der Waals surface area (Å²) in [4.78, 5) is 13.6. The molecule has 1 fully saturated rings. The molecule has 5 heteroatoms. The third-order valence-electron chi connectivity index (χ3n) is 3.07. The van der Waals surface area contributed by atoms with Crippen LogP contribution in [0.1, 0.15) is 27.2 Å². The van der Waals surface area contributed by atoms with E-state index in [0.29, 0.717) is 18.8 Å². The first kappa shape index (κ1) is 14.6. The number of nitrogens with one attached hydrogen (secondary N) is 1. The Labute approximate surface area is 118 Å². The number of hydrogen-bond acceptors (Lipinski definition) is 3. The lowest BCUT2D eigenvalue weighted by Crippen LogP contribution is -2.36. The molecule has 1 amide bonds. The first-order valence-corrected chi connectivity index (χ1v) is 6.84. The van der Waals surface area contributed by atoms with Gasteiger partial charge in [-0.25, -0.2) is 9.18 Å². The molecule has 20 heavy (non-hydrogen) atoms. The van der Waals surface area contributed by atoms with Gasteiger partial charge >= 0.3 is 6.09 Å². The number of halogens is 1. The van der Waals surface area contributed by atoms with E-state index in [1.807, 2.05) is 20.8 Å². The SMILES string of the molecule is CC(C)(C)OC(=O)N1CCC(Nc2ccccc2F)C1. The second-order valence-electron chi connectivity index (χ2n) is 6.04. The van der Waals surface area contributed by atoms with E-state index in [2.05, 4.69) is 5.32 Å². The van der Waals surface area contributed by atoms with Gasteiger partial charge in [0.1, 0.15) is 11.4 Å². The van der Waals surface area contributed by atoms with Gasteiger partial charge < -0.3 is 15.0 Å². The van der Waals surface area contributed by atoms with E-state index < -0.39 is 5.60 Å². The van der Waals surface area contributed by atoms with E-state index in [1.165, 1.54) is 6.07 Å². The van der Waals surface area contributed by atoms with Gasteiger partial charge in [-0.3, -0.25) is 0 Å². The van der Waals surface area contributed by atoms with Gasteiger partial charge in [-0.1, -0.05) is 12.1 Å². The van der Waals surface area contributed by atoms with Crippen molar-refractivity contribution in [3.8, 4) is 0 Å². The predicted molar refractivity (Wildman–Crippen MR) is 76.2 cm³/mol. The fourth-order valence-corrected chi connectivity index (χ4v) is 2.17. The molecule has 1 aliphatic rings. The maximum Gasteiger partial charge on any atom is 0.410 e. The summed E-state index contributed by atoms with van der Waals surface area (Å²) in [6.07, 6.45) is 0.475. The standard InChI is InChI=1S/C15H21FN2O2/c1-15(2,3)20-14(19)18-9-8-11(10-18)17-13-7-5-4-6-12(13)16/h4-7,11,17H,8-10H2,1-3H3. The lowest BCUT2D eigenvalue weighted by atomic mass is 10.2. The van der Waals surface area contributed by atoms with Crippen molar-refractivity contribution >= 4 is 11.8 Å². The molecule has 1 saturated heterocycles. The highest BCUT2D eigenvalue weighted by Gasteiger charge is 2.29. The molecule has 0 spiro atoms. The van der Waals surface area contributed by atoms with Gasteiger partial charge in [-0.15, -0.1) is 0 Å². The minimum Gasteiger partial charge on any atom is -0.444 e. The molecule has 4 nitrogen and oxygen atoms in total. The average Bonchev–Trinajstić information content (AvgIpc) is 2.79. The summed E-state index contributed by atoms with van der Waals surface area (Å²) in [5.74, 6) is -0.275. The van der Waals surface area contributed by atoms with Crippen LogP contribution in [0.5, 0.6) is 0 Å². The lowest BCUT2D eigenvalue weighted by Gasteiger charge is -2.24. The molecule has 1 heterocycles. The number of amides is 1. The van der Waals surface area contributed by atoms with Crippen LogP contribution in [0.3, 0.4) is 0 Å². The molecule has 1 aliphatic heterocycles. The molecule has 0 bridgehead atoms. The number of carbonyl (C=O) groups excluding carboxylic acids is 1. The van der Waals surface area contributed by atoms with Gasteiger partial charge in [0, 0.05) is 19.1 Å². The summed E-state index contributed by atoms with van der Waals surface area (Å²) < 4.78 is 18.9. The van der Waals surface area contributed by atoms with Crippen LogP contribution < -0.4 is 5.32 Å². The molecule has 0 aromatic heterocycles. The number of carbonyl (C=O) groups is 1. The molecule has 0 radical (unpaired) electrons. The van der Waals surface area contributed by atoms with Crippen LogP contribution in [0.15, 0.2) is 24.3 Å². The first-order chi connectivity index (χ1) is 9.35. The summed E-state index contributed by atoms with van der Waals surface area (Å²) >= 11 is 0. The largest absolute Gasteiger partial charge is 0.444 e. The summed E-state index contributed by atoms with van der Waals surface area (Å²) in [6.45, 7) is 6.69. The average molecular weight is 280 g/mol. The van der Waals surface area contributed by atoms with Crippen molar-refractivity contribution in [2.24, 2.45) is 0 Å². The predicted octanol–water partition coefficient (Wildman–Crippen LogP) is 3.25. The van der Waals surface area contributed by atoms with Crippen LogP contribution in [0.4, 0.5) is 14.9 Å². The summed E-state index contributed by atoms with van der Waals surface area (Å²) in [7, 11) is 0. The zero-order chi connectivity index (χ0) is 14.8. The normalized spacial score (nSPS) is 19.0. The third-order valence-corrected chi connectivity index (χ3v) is 3.07. The van der Waals surface area contributed by atoms with Crippen LogP contribution in [0, 0.1) is 5.82 Å². The second-order valence-corrected chi connectivity index (χ2v) is 6.04. The Morgan fingerprint density at radius 1 is 1.40 bits per heavy atom. The number of likely N-dealkylation sites (tertiary alicyclic amines) is 1. The number of anilines is 1. The van der Waals surface area contributed by atoms with Crippen LogP contribution in [-0.2, 0) is 4.74 Å².